The maximum atomic E-state index is 11.9. The number of hydrogen-bond acceptors (Lipinski definition) is 3. The summed E-state index contributed by atoms with van der Waals surface area (Å²) in [6.45, 7) is 6.93. The lowest BCUT2D eigenvalue weighted by Crippen LogP contribution is -2.43. The molecule has 5 nitrogen and oxygen atoms in total. The standard InChI is InChI=1S/C11H21NO4S/c1-5-7(3)12-10(13)8(4)17(16)9(6-2)11(14)15/h7-9H,5-6H2,1-4H3,(H,12,13)(H,14,15). The number of amides is 1. The lowest BCUT2D eigenvalue weighted by molar-refractivity contribution is -0.136. The van der Waals surface area contributed by atoms with Crippen molar-refractivity contribution in [1.82, 2.24) is 5.32 Å². The first-order valence-electron chi connectivity index (χ1n) is 5.77. The van der Waals surface area contributed by atoms with Gasteiger partial charge in [-0.2, -0.15) is 0 Å². The molecule has 0 fully saturated rings. The van der Waals surface area contributed by atoms with Crippen molar-refractivity contribution in [2.75, 3.05) is 0 Å². The molecule has 6 heteroatoms. The number of carbonyl (C=O) groups excluding carboxylic acids is 1. The molecule has 0 aromatic rings. The zero-order chi connectivity index (χ0) is 13.6. The van der Waals surface area contributed by atoms with E-state index in [0.717, 1.165) is 6.42 Å². The molecule has 4 atom stereocenters. The number of carbonyl (C=O) groups is 2. The molecule has 0 aromatic heterocycles. The Bertz CT molecular complexity index is 306. The van der Waals surface area contributed by atoms with E-state index in [4.69, 9.17) is 5.11 Å². The molecule has 4 unspecified atom stereocenters. The lowest BCUT2D eigenvalue weighted by Gasteiger charge is -2.18. The van der Waals surface area contributed by atoms with E-state index in [9.17, 15) is 13.8 Å². The first-order valence-corrected chi connectivity index (χ1v) is 7.05. The van der Waals surface area contributed by atoms with Gasteiger partial charge >= 0.3 is 5.97 Å². The molecule has 0 radical (unpaired) electrons. The van der Waals surface area contributed by atoms with E-state index >= 15 is 0 Å². The van der Waals surface area contributed by atoms with Gasteiger partial charge in [0.15, 0.2) is 0 Å². The third-order valence-corrected chi connectivity index (χ3v) is 4.65. The Hall–Kier alpha value is -0.910. The molecule has 0 aromatic carbocycles. The van der Waals surface area contributed by atoms with Crippen LogP contribution in [0, 0.1) is 0 Å². The van der Waals surface area contributed by atoms with E-state index in [-0.39, 0.29) is 18.4 Å². The highest BCUT2D eigenvalue weighted by molar-refractivity contribution is 7.87. The summed E-state index contributed by atoms with van der Waals surface area (Å²) in [5.74, 6) is -1.47. The minimum atomic E-state index is -1.69. The van der Waals surface area contributed by atoms with E-state index in [0.29, 0.717) is 0 Å². The average Bonchev–Trinajstić information content (AvgIpc) is 2.27. The summed E-state index contributed by atoms with van der Waals surface area (Å²) in [5, 5.41) is 9.80. The van der Waals surface area contributed by atoms with Gasteiger partial charge < -0.3 is 10.4 Å². The molecule has 0 bridgehead atoms. The number of carboxylic acid groups (broad SMARTS) is 1. The fraction of sp³-hybridized carbons (Fsp3) is 0.818. The van der Waals surface area contributed by atoms with Crippen molar-refractivity contribution in [1.29, 1.82) is 0 Å². The van der Waals surface area contributed by atoms with Crippen LogP contribution in [0.5, 0.6) is 0 Å². The summed E-state index contributed by atoms with van der Waals surface area (Å²) in [5.41, 5.74) is 0. The summed E-state index contributed by atoms with van der Waals surface area (Å²) in [4.78, 5) is 22.6. The van der Waals surface area contributed by atoms with Crippen LogP contribution in [-0.2, 0) is 20.4 Å². The second-order valence-electron chi connectivity index (χ2n) is 4.02. The predicted molar refractivity (Wildman–Crippen MR) is 67.2 cm³/mol. The monoisotopic (exact) mass is 263 g/mol. The number of hydrogen-bond donors (Lipinski definition) is 2. The largest absolute Gasteiger partial charge is 0.480 e. The van der Waals surface area contributed by atoms with E-state index < -0.39 is 27.3 Å². The second kappa shape index (κ2) is 7.42. The van der Waals surface area contributed by atoms with Gasteiger partial charge in [-0.25, -0.2) is 0 Å². The third kappa shape index (κ3) is 4.85. The van der Waals surface area contributed by atoms with Crippen molar-refractivity contribution in [3.63, 3.8) is 0 Å². The molecule has 0 heterocycles. The van der Waals surface area contributed by atoms with Crippen LogP contribution >= 0.6 is 0 Å². The normalized spacial score (nSPS) is 17.9. The van der Waals surface area contributed by atoms with Crippen LogP contribution < -0.4 is 5.32 Å². The lowest BCUT2D eigenvalue weighted by atomic mass is 10.2. The van der Waals surface area contributed by atoms with Gasteiger partial charge in [0.05, 0.1) is 0 Å². The van der Waals surface area contributed by atoms with Crippen LogP contribution in [0.3, 0.4) is 0 Å². The van der Waals surface area contributed by atoms with Crippen molar-refractivity contribution < 1.29 is 18.9 Å². The van der Waals surface area contributed by atoms with E-state index in [1.54, 1.807) is 6.92 Å². The zero-order valence-electron chi connectivity index (χ0n) is 10.7. The summed E-state index contributed by atoms with van der Waals surface area (Å²) in [7, 11) is -1.69. The van der Waals surface area contributed by atoms with Gasteiger partial charge in [0.2, 0.25) is 5.91 Å². The van der Waals surface area contributed by atoms with Crippen LogP contribution in [0.15, 0.2) is 0 Å². The molecule has 0 aliphatic carbocycles. The van der Waals surface area contributed by atoms with Crippen LogP contribution in [0.25, 0.3) is 0 Å². The summed E-state index contributed by atoms with van der Waals surface area (Å²) < 4.78 is 11.9. The molecule has 0 spiro atoms. The second-order valence-corrected chi connectivity index (χ2v) is 5.96. The fourth-order valence-electron chi connectivity index (χ4n) is 1.25. The molecule has 0 rings (SSSR count). The smallest absolute Gasteiger partial charge is 0.319 e. The zero-order valence-corrected chi connectivity index (χ0v) is 11.5. The van der Waals surface area contributed by atoms with Gasteiger partial charge in [-0.1, -0.05) is 13.8 Å². The van der Waals surface area contributed by atoms with Crippen LogP contribution in [0.1, 0.15) is 40.5 Å². The molecule has 1 amide bonds. The minimum absolute atomic E-state index is 0.00635. The van der Waals surface area contributed by atoms with Crippen LogP contribution in [0.2, 0.25) is 0 Å². The van der Waals surface area contributed by atoms with Gasteiger partial charge in [0.25, 0.3) is 0 Å². The molecule has 17 heavy (non-hydrogen) atoms. The van der Waals surface area contributed by atoms with E-state index in [2.05, 4.69) is 5.32 Å². The van der Waals surface area contributed by atoms with E-state index in [1.807, 2.05) is 13.8 Å². The van der Waals surface area contributed by atoms with Crippen molar-refractivity contribution in [2.24, 2.45) is 0 Å². The topological polar surface area (TPSA) is 83.5 Å². The highest BCUT2D eigenvalue weighted by Gasteiger charge is 2.31. The Morgan fingerprint density at radius 1 is 1.24 bits per heavy atom. The number of aliphatic carboxylic acids is 1. The maximum Gasteiger partial charge on any atom is 0.319 e. The van der Waals surface area contributed by atoms with Gasteiger partial charge in [-0.05, 0) is 26.7 Å². The predicted octanol–water partition coefficient (Wildman–Crippen LogP) is 0.901. The molecule has 100 valence electrons. The molecular formula is C11H21NO4S. The molecule has 2 N–H and O–H groups in total. The summed E-state index contributed by atoms with van der Waals surface area (Å²) in [6.07, 6.45) is 1.03. The molecule has 0 saturated heterocycles. The third-order valence-electron chi connectivity index (χ3n) is 2.65. The molecule has 0 saturated carbocycles. The SMILES string of the molecule is CCC(C)NC(=O)C(C)S(=O)C(CC)C(=O)O. The quantitative estimate of drug-likeness (QED) is 0.715. The Balaban J connectivity index is 4.58. The Labute approximate surface area is 104 Å². The number of carboxylic acids is 1. The van der Waals surface area contributed by atoms with Crippen molar-refractivity contribution in [2.45, 2.75) is 57.1 Å². The Morgan fingerprint density at radius 2 is 1.76 bits per heavy atom. The number of nitrogens with one attached hydrogen (secondary N) is 1. The minimum Gasteiger partial charge on any atom is -0.480 e. The van der Waals surface area contributed by atoms with Crippen LogP contribution in [-0.4, -0.2) is 37.7 Å². The van der Waals surface area contributed by atoms with Gasteiger partial charge in [0, 0.05) is 16.8 Å². The molecule has 0 aliphatic rings. The summed E-state index contributed by atoms with van der Waals surface area (Å²) in [6, 6.07) is 0.00635. The van der Waals surface area contributed by atoms with Gasteiger partial charge in [0.1, 0.15) is 10.5 Å². The molecule has 0 aliphatic heterocycles. The first kappa shape index (κ1) is 16.1. The highest BCUT2D eigenvalue weighted by atomic mass is 32.2. The van der Waals surface area contributed by atoms with Crippen molar-refractivity contribution in [3.05, 3.63) is 0 Å². The Morgan fingerprint density at radius 3 is 2.12 bits per heavy atom. The maximum absolute atomic E-state index is 11.9. The van der Waals surface area contributed by atoms with Gasteiger partial charge in [-0.3, -0.25) is 13.8 Å². The van der Waals surface area contributed by atoms with Gasteiger partial charge in [-0.15, -0.1) is 0 Å². The molecular weight excluding hydrogens is 242 g/mol. The van der Waals surface area contributed by atoms with Crippen LogP contribution in [0.4, 0.5) is 0 Å². The fourth-order valence-corrected chi connectivity index (χ4v) is 2.55. The summed E-state index contributed by atoms with van der Waals surface area (Å²) >= 11 is 0. The number of rotatable bonds is 7. The van der Waals surface area contributed by atoms with Crippen molar-refractivity contribution >= 4 is 22.7 Å². The highest BCUT2D eigenvalue weighted by Crippen LogP contribution is 2.09. The van der Waals surface area contributed by atoms with Crippen molar-refractivity contribution in [3.8, 4) is 0 Å². The Kier molecular flexibility index (Phi) is 7.03. The average molecular weight is 263 g/mol. The van der Waals surface area contributed by atoms with E-state index in [1.165, 1.54) is 6.92 Å². The first-order chi connectivity index (χ1) is 7.84.